The first-order chi connectivity index (χ1) is 11.9. The Morgan fingerprint density at radius 3 is 2.24 bits per heavy atom. The quantitative estimate of drug-likeness (QED) is 0.715. The highest BCUT2D eigenvalue weighted by molar-refractivity contribution is 7.89. The molecule has 126 valence electrons. The summed E-state index contributed by atoms with van der Waals surface area (Å²) in [6.07, 6.45) is 7.23. The van der Waals surface area contributed by atoms with Gasteiger partial charge in [-0.15, -0.1) is 6.42 Å². The largest absolute Gasteiger partial charge is 0.259 e. The molecule has 0 aliphatic rings. The van der Waals surface area contributed by atoms with E-state index in [2.05, 4.69) is 11.0 Å². The highest BCUT2D eigenvalue weighted by Crippen LogP contribution is 2.32. The Kier molecular flexibility index (Phi) is 4.64. The van der Waals surface area contributed by atoms with Gasteiger partial charge in [0.15, 0.2) is 0 Å². The fraction of sp³-hybridized carbons (Fsp3) is 0.0556. The van der Waals surface area contributed by atoms with Gasteiger partial charge in [0.25, 0.3) is 0 Å². The summed E-state index contributed by atoms with van der Waals surface area (Å²) in [6.45, 7) is 0.329. The molecule has 0 aliphatic carbocycles. The lowest BCUT2D eigenvalue weighted by atomic mass is 10.0. The molecule has 1 aromatic heterocycles. The van der Waals surface area contributed by atoms with E-state index in [1.807, 2.05) is 18.3 Å². The van der Waals surface area contributed by atoms with E-state index in [0.29, 0.717) is 17.3 Å². The molecule has 2 aromatic carbocycles. The normalized spacial score (nSPS) is 11.2. The van der Waals surface area contributed by atoms with Gasteiger partial charge in [-0.25, -0.2) is 13.6 Å². The maximum atomic E-state index is 11.4. The van der Waals surface area contributed by atoms with Gasteiger partial charge in [0, 0.05) is 22.3 Å². The zero-order valence-electron chi connectivity index (χ0n) is 13.1. The standard InChI is InChI=1S/C18H14ClN3O2S/c1-2-11-22-12-17(13-3-7-15(19)8-4-13)18(21-22)14-5-9-16(10-6-14)25(20,23)24/h1,3-10,12H,11H2,(H2,20,23,24). The molecule has 0 unspecified atom stereocenters. The number of hydrogen-bond acceptors (Lipinski definition) is 3. The number of terminal acetylenes is 1. The lowest BCUT2D eigenvalue weighted by Crippen LogP contribution is -2.11. The van der Waals surface area contributed by atoms with Crippen molar-refractivity contribution >= 4 is 21.6 Å². The lowest BCUT2D eigenvalue weighted by molar-refractivity contribution is 0.598. The summed E-state index contributed by atoms with van der Waals surface area (Å²) in [7, 11) is -3.74. The van der Waals surface area contributed by atoms with Crippen LogP contribution in [0.4, 0.5) is 0 Å². The Balaban J connectivity index is 2.11. The van der Waals surface area contributed by atoms with Crippen molar-refractivity contribution < 1.29 is 8.42 Å². The number of sulfonamides is 1. The van der Waals surface area contributed by atoms with Gasteiger partial charge in [-0.3, -0.25) is 4.68 Å². The fourth-order valence-electron chi connectivity index (χ4n) is 2.45. The molecular formula is C18H14ClN3O2S. The minimum Gasteiger partial charge on any atom is -0.259 e. The van der Waals surface area contributed by atoms with E-state index in [0.717, 1.165) is 16.7 Å². The monoisotopic (exact) mass is 371 g/mol. The van der Waals surface area contributed by atoms with Crippen molar-refractivity contribution in [1.29, 1.82) is 0 Å². The van der Waals surface area contributed by atoms with Gasteiger partial charge in [0.2, 0.25) is 10.0 Å². The van der Waals surface area contributed by atoms with Crippen LogP contribution in [0.5, 0.6) is 0 Å². The molecule has 7 heteroatoms. The van der Waals surface area contributed by atoms with Crippen molar-refractivity contribution in [3.8, 4) is 34.7 Å². The van der Waals surface area contributed by atoms with Crippen LogP contribution in [-0.4, -0.2) is 18.2 Å². The van der Waals surface area contributed by atoms with Crippen molar-refractivity contribution in [2.24, 2.45) is 5.14 Å². The van der Waals surface area contributed by atoms with E-state index >= 15 is 0 Å². The average Bonchev–Trinajstić information content (AvgIpc) is 2.99. The molecular weight excluding hydrogens is 358 g/mol. The summed E-state index contributed by atoms with van der Waals surface area (Å²) in [6, 6.07) is 13.6. The molecule has 0 fully saturated rings. The van der Waals surface area contributed by atoms with Crippen LogP contribution in [0.2, 0.25) is 5.02 Å². The van der Waals surface area contributed by atoms with Gasteiger partial charge >= 0.3 is 0 Å². The molecule has 0 spiro atoms. The maximum absolute atomic E-state index is 11.4. The van der Waals surface area contributed by atoms with Crippen LogP contribution in [0.3, 0.4) is 0 Å². The Bertz CT molecular complexity index is 1050. The summed E-state index contributed by atoms with van der Waals surface area (Å²) in [4.78, 5) is 0.0485. The second-order valence-corrected chi connectivity index (χ2v) is 7.37. The van der Waals surface area contributed by atoms with Gasteiger partial charge < -0.3 is 0 Å². The molecule has 0 atom stereocenters. The molecule has 0 radical (unpaired) electrons. The molecule has 0 amide bonds. The van der Waals surface area contributed by atoms with Crippen LogP contribution in [0, 0.1) is 12.3 Å². The third kappa shape index (κ3) is 3.74. The molecule has 3 rings (SSSR count). The average molecular weight is 372 g/mol. The SMILES string of the molecule is C#CCn1cc(-c2ccc(Cl)cc2)c(-c2ccc(S(N)(=O)=O)cc2)n1. The topological polar surface area (TPSA) is 78.0 Å². The number of nitrogens with zero attached hydrogens (tertiary/aromatic N) is 2. The Labute approximate surface area is 151 Å². The zero-order chi connectivity index (χ0) is 18.0. The number of benzene rings is 2. The molecule has 25 heavy (non-hydrogen) atoms. The number of rotatable bonds is 4. The third-order valence-electron chi connectivity index (χ3n) is 3.63. The van der Waals surface area contributed by atoms with Gasteiger partial charge in [0.1, 0.15) is 12.2 Å². The molecule has 1 heterocycles. The molecule has 0 saturated heterocycles. The molecule has 3 aromatic rings. The number of aromatic nitrogens is 2. The number of primary sulfonamides is 1. The summed E-state index contributed by atoms with van der Waals surface area (Å²) < 4.78 is 24.5. The minimum absolute atomic E-state index is 0.0485. The van der Waals surface area contributed by atoms with E-state index in [-0.39, 0.29) is 4.90 Å². The van der Waals surface area contributed by atoms with Gasteiger partial charge in [-0.2, -0.15) is 5.10 Å². The van der Waals surface area contributed by atoms with Crippen LogP contribution < -0.4 is 5.14 Å². The van der Waals surface area contributed by atoms with Crippen molar-refractivity contribution in [1.82, 2.24) is 9.78 Å². The summed E-state index contributed by atoms with van der Waals surface area (Å²) in [5, 5.41) is 10.3. The van der Waals surface area contributed by atoms with Gasteiger partial charge in [-0.05, 0) is 29.8 Å². The van der Waals surface area contributed by atoms with E-state index in [1.54, 1.807) is 28.9 Å². The second-order valence-electron chi connectivity index (χ2n) is 5.37. The summed E-state index contributed by atoms with van der Waals surface area (Å²) in [5.74, 6) is 2.55. The second kappa shape index (κ2) is 6.73. The van der Waals surface area contributed by atoms with Crippen molar-refractivity contribution in [2.75, 3.05) is 0 Å². The summed E-state index contributed by atoms with van der Waals surface area (Å²) in [5.41, 5.74) is 3.25. The van der Waals surface area contributed by atoms with E-state index < -0.39 is 10.0 Å². The Morgan fingerprint density at radius 2 is 1.68 bits per heavy atom. The number of hydrogen-bond donors (Lipinski definition) is 1. The van der Waals surface area contributed by atoms with Crippen LogP contribution in [-0.2, 0) is 16.6 Å². The van der Waals surface area contributed by atoms with E-state index in [9.17, 15) is 8.42 Å². The Hall–Kier alpha value is -2.59. The molecule has 0 aliphatic heterocycles. The first kappa shape index (κ1) is 17.2. The third-order valence-corrected chi connectivity index (χ3v) is 4.81. The van der Waals surface area contributed by atoms with Crippen LogP contribution >= 0.6 is 11.6 Å². The molecule has 0 saturated carbocycles. The highest BCUT2D eigenvalue weighted by Gasteiger charge is 2.14. The first-order valence-corrected chi connectivity index (χ1v) is 9.21. The number of nitrogens with two attached hydrogens (primary N) is 1. The smallest absolute Gasteiger partial charge is 0.238 e. The van der Waals surface area contributed by atoms with E-state index in [4.69, 9.17) is 23.2 Å². The van der Waals surface area contributed by atoms with Crippen molar-refractivity contribution in [3.63, 3.8) is 0 Å². The fourth-order valence-corrected chi connectivity index (χ4v) is 3.09. The molecule has 0 bridgehead atoms. The Morgan fingerprint density at radius 1 is 1.08 bits per heavy atom. The highest BCUT2D eigenvalue weighted by atomic mass is 35.5. The van der Waals surface area contributed by atoms with Crippen molar-refractivity contribution in [2.45, 2.75) is 11.4 Å². The zero-order valence-corrected chi connectivity index (χ0v) is 14.6. The minimum atomic E-state index is -3.74. The maximum Gasteiger partial charge on any atom is 0.238 e. The first-order valence-electron chi connectivity index (χ1n) is 7.28. The van der Waals surface area contributed by atoms with Gasteiger partial charge in [-0.1, -0.05) is 41.8 Å². The van der Waals surface area contributed by atoms with Gasteiger partial charge in [0.05, 0.1) is 4.90 Å². The molecule has 5 nitrogen and oxygen atoms in total. The van der Waals surface area contributed by atoms with E-state index in [1.165, 1.54) is 12.1 Å². The lowest BCUT2D eigenvalue weighted by Gasteiger charge is -2.04. The predicted octanol–water partition coefficient (Wildman–Crippen LogP) is 3.15. The van der Waals surface area contributed by atoms with Crippen LogP contribution in [0.15, 0.2) is 59.6 Å². The van der Waals surface area contributed by atoms with Crippen LogP contribution in [0.25, 0.3) is 22.4 Å². The van der Waals surface area contributed by atoms with Crippen molar-refractivity contribution in [3.05, 3.63) is 59.8 Å². The summed E-state index contributed by atoms with van der Waals surface area (Å²) >= 11 is 5.95. The predicted molar refractivity (Wildman–Crippen MR) is 98.3 cm³/mol. The molecule has 2 N–H and O–H groups in total. The number of halogens is 1. The van der Waals surface area contributed by atoms with Crippen LogP contribution in [0.1, 0.15) is 0 Å².